The summed E-state index contributed by atoms with van der Waals surface area (Å²) in [5.74, 6) is 0.137. The Bertz CT molecular complexity index is 1740. The molecule has 0 fully saturated rings. The van der Waals surface area contributed by atoms with Crippen molar-refractivity contribution in [3.63, 3.8) is 0 Å². The molecule has 228 valence electrons. The molecular formula is C36H33FN4O4. The van der Waals surface area contributed by atoms with Crippen LogP contribution in [0.4, 0.5) is 9.18 Å². The minimum Gasteiger partial charge on any atom is -0.457 e. The van der Waals surface area contributed by atoms with Gasteiger partial charge in [-0.3, -0.25) is 14.5 Å². The van der Waals surface area contributed by atoms with E-state index < -0.39 is 17.9 Å². The van der Waals surface area contributed by atoms with E-state index in [9.17, 15) is 18.8 Å². The van der Waals surface area contributed by atoms with Gasteiger partial charge in [-0.15, -0.1) is 0 Å². The van der Waals surface area contributed by atoms with Crippen LogP contribution in [0.15, 0.2) is 120 Å². The molecule has 0 saturated heterocycles. The van der Waals surface area contributed by atoms with Crippen LogP contribution in [-0.2, 0) is 22.6 Å². The molecule has 0 saturated carbocycles. The van der Waals surface area contributed by atoms with E-state index in [2.05, 4.69) is 10.6 Å². The average molecular weight is 605 g/mol. The Labute approximate surface area is 261 Å². The van der Waals surface area contributed by atoms with E-state index in [1.165, 1.54) is 12.1 Å². The fourth-order valence-corrected chi connectivity index (χ4v) is 5.87. The van der Waals surface area contributed by atoms with E-state index in [1.807, 2.05) is 91.9 Å². The van der Waals surface area contributed by atoms with Crippen molar-refractivity contribution < 1.29 is 23.5 Å². The molecule has 8 nitrogen and oxygen atoms in total. The molecule has 0 aromatic heterocycles. The van der Waals surface area contributed by atoms with Gasteiger partial charge in [0.05, 0.1) is 23.9 Å². The van der Waals surface area contributed by atoms with Gasteiger partial charge in [0.25, 0.3) is 5.91 Å². The van der Waals surface area contributed by atoms with Gasteiger partial charge in [-0.25, -0.2) is 9.18 Å². The first-order valence-electron chi connectivity index (χ1n) is 14.9. The van der Waals surface area contributed by atoms with Gasteiger partial charge < -0.3 is 20.3 Å². The third-order valence-electron chi connectivity index (χ3n) is 8.04. The maximum atomic E-state index is 14.4. The normalized spacial score (nSPS) is 16.7. The van der Waals surface area contributed by atoms with Crippen molar-refractivity contribution in [2.45, 2.75) is 32.0 Å². The van der Waals surface area contributed by atoms with Crippen LogP contribution in [0.25, 0.3) is 0 Å². The summed E-state index contributed by atoms with van der Waals surface area (Å²) in [5, 5.41) is 5.91. The van der Waals surface area contributed by atoms with Crippen LogP contribution in [0, 0.1) is 5.82 Å². The Morgan fingerprint density at radius 1 is 0.911 bits per heavy atom. The molecule has 0 unspecified atom stereocenters. The van der Waals surface area contributed by atoms with Gasteiger partial charge >= 0.3 is 6.03 Å². The molecule has 4 aromatic carbocycles. The molecule has 2 aliphatic heterocycles. The number of ether oxygens (including phenoxy) is 1. The van der Waals surface area contributed by atoms with Crippen molar-refractivity contribution in [3.05, 3.63) is 143 Å². The lowest BCUT2D eigenvalue weighted by molar-refractivity contribution is -0.136. The Kier molecular flexibility index (Phi) is 8.59. The average Bonchev–Trinajstić information content (AvgIpc) is 3.39. The zero-order valence-electron chi connectivity index (χ0n) is 24.8. The van der Waals surface area contributed by atoms with Gasteiger partial charge in [0.1, 0.15) is 23.4 Å². The molecule has 0 aliphatic carbocycles. The highest BCUT2D eigenvalue weighted by atomic mass is 19.1. The van der Waals surface area contributed by atoms with Gasteiger partial charge in [0.15, 0.2) is 0 Å². The first-order chi connectivity index (χ1) is 21.9. The maximum absolute atomic E-state index is 14.4. The van der Waals surface area contributed by atoms with Crippen LogP contribution in [0.5, 0.6) is 11.5 Å². The predicted octanol–water partition coefficient (Wildman–Crippen LogP) is 5.73. The zero-order valence-corrected chi connectivity index (χ0v) is 24.8. The zero-order chi connectivity index (χ0) is 31.3. The summed E-state index contributed by atoms with van der Waals surface area (Å²) in [7, 11) is 0. The van der Waals surface area contributed by atoms with Gasteiger partial charge in [0.2, 0.25) is 5.91 Å². The van der Waals surface area contributed by atoms with E-state index in [4.69, 9.17) is 4.74 Å². The molecule has 2 aliphatic rings. The van der Waals surface area contributed by atoms with E-state index in [-0.39, 0.29) is 37.4 Å². The number of para-hydroxylation sites is 1. The molecule has 2 atom stereocenters. The van der Waals surface area contributed by atoms with Crippen molar-refractivity contribution in [2.24, 2.45) is 0 Å². The topological polar surface area (TPSA) is 91.0 Å². The smallest absolute Gasteiger partial charge is 0.322 e. The number of halogens is 1. The van der Waals surface area contributed by atoms with E-state index in [0.29, 0.717) is 40.4 Å². The second-order valence-electron chi connectivity index (χ2n) is 11.0. The predicted molar refractivity (Wildman–Crippen MR) is 168 cm³/mol. The second kappa shape index (κ2) is 13.1. The van der Waals surface area contributed by atoms with Gasteiger partial charge in [-0.2, -0.15) is 0 Å². The monoisotopic (exact) mass is 604 g/mol. The Morgan fingerprint density at radius 2 is 1.60 bits per heavy atom. The van der Waals surface area contributed by atoms with Gasteiger partial charge in [0, 0.05) is 19.5 Å². The molecule has 6 rings (SSSR count). The summed E-state index contributed by atoms with van der Waals surface area (Å²) in [6.07, 6.45) is 0.265. The van der Waals surface area contributed by atoms with E-state index in [0.717, 1.165) is 5.56 Å². The SMILES string of the molecule is CCN1C(=O)N[C@@H](c2cccc(Oc3ccccc3)c2)C2=C1CN([C@H](Cc1ccccc1)C(=O)NCc1cccc(F)c1)C2=O. The summed E-state index contributed by atoms with van der Waals surface area (Å²) >= 11 is 0. The number of nitrogens with one attached hydrogen (secondary N) is 2. The lowest BCUT2D eigenvalue weighted by Crippen LogP contribution is -2.49. The van der Waals surface area contributed by atoms with Crippen LogP contribution in [0.2, 0.25) is 0 Å². The number of likely N-dealkylation sites (N-methyl/N-ethyl adjacent to an activating group) is 1. The number of nitrogens with zero attached hydrogens (tertiary/aromatic N) is 2. The molecule has 45 heavy (non-hydrogen) atoms. The summed E-state index contributed by atoms with van der Waals surface area (Å²) in [6.45, 7) is 2.40. The first kappa shape index (κ1) is 29.6. The second-order valence-corrected chi connectivity index (χ2v) is 11.0. The highest BCUT2D eigenvalue weighted by molar-refractivity contribution is 6.03. The van der Waals surface area contributed by atoms with E-state index in [1.54, 1.807) is 21.9 Å². The standard InChI is InChI=1S/C36H33FN4O4/c1-2-40-31-23-41(30(20-24-11-5-3-6-12-24)34(42)38-22-25-13-9-15-27(37)19-25)35(43)32(31)33(39-36(40)44)26-14-10-18-29(21-26)45-28-16-7-4-8-17-28/h3-19,21,30,33H,2,20,22-23H2,1H3,(H,38,42)(H,39,44)/t30-,33+/m1/s1. The van der Waals surface area contributed by atoms with Crippen LogP contribution in [0.3, 0.4) is 0 Å². The number of amides is 4. The highest BCUT2D eigenvalue weighted by Crippen LogP contribution is 2.38. The summed E-state index contributed by atoms with van der Waals surface area (Å²) in [4.78, 5) is 44.6. The molecule has 0 bridgehead atoms. The van der Waals surface area contributed by atoms with E-state index >= 15 is 0 Å². The molecule has 2 N–H and O–H groups in total. The fourth-order valence-electron chi connectivity index (χ4n) is 5.87. The number of carbonyl (C=O) groups is 3. The Morgan fingerprint density at radius 3 is 2.33 bits per heavy atom. The maximum Gasteiger partial charge on any atom is 0.322 e. The van der Waals surface area contributed by atoms with Crippen LogP contribution >= 0.6 is 0 Å². The summed E-state index contributed by atoms with van der Waals surface area (Å²) in [6, 6.07) is 30.2. The third kappa shape index (κ3) is 6.43. The number of hydrogen-bond acceptors (Lipinski definition) is 4. The largest absolute Gasteiger partial charge is 0.457 e. The van der Waals surface area contributed by atoms with Crippen molar-refractivity contribution in [2.75, 3.05) is 13.1 Å². The lowest BCUT2D eigenvalue weighted by Gasteiger charge is -2.33. The van der Waals surface area contributed by atoms with Crippen molar-refractivity contribution in [1.82, 2.24) is 20.4 Å². The number of urea groups is 1. The number of hydrogen-bond donors (Lipinski definition) is 2. The molecule has 9 heteroatoms. The van der Waals surface area contributed by atoms with Gasteiger partial charge in [-0.1, -0.05) is 72.8 Å². The highest BCUT2D eigenvalue weighted by Gasteiger charge is 2.46. The number of carbonyl (C=O) groups excluding carboxylic acids is 3. The van der Waals surface area contributed by atoms with Crippen molar-refractivity contribution in [1.29, 1.82) is 0 Å². The minimum atomic E-state index is -0.874. The van der Waals surface area contributed by atoms with Crippen LogP contribution in [0.1, 0.15) is 29.7 Å². The lowest BCUT2D eigenvalue weighted by atomic mass is 9.95. The van der Waals surface area contributed by atoms with Crippen molar-refractivity contribution in [3.8, 4) is 11.5 Å². The van der Waals surface area contributed by atoms with Crippen molar-refractivity contribution >= 4 is 17.8 Å². The number of benzene rings is 4. The first-order valence-corrected chi connectivity index (χ1v) is 14.9. The van der Waals surface area contributed by atoms with Gasteiger partial charge in [-0.05, 0) is 60.0 Å². The Hall–Kier alpha value is -5.44. The van der Waals surface area contributed by atoms with Crippen LogP contribution in [-0.4, -0.2) is 46.8 Å². The quantitative estimate of drug-likeness (QED) is 0.242. The molecule has 4 aromatic rings. The molecular weight excluding hydrogens is 571 g/mol. The fraction of sp³-hybridized carbons (Fsp3) is 0.194. The van der Waals surface area contributed by atoms with Crippen LogP contribution < -0.4 is 15.4 Å². The summed E-state index contributed by atoms with van der Waals surface area (Å²) in [5.41, 5.74) is 3.16. The number of rotatable bonds is 10. The molecule has 0 radical (unpaired) electrons. The third-order valence-corrected chi connectivity index (χ3v) is 8.04. The molecule has 0 spiro atoms. The molecule has 2 heterocycles. The summed E-state index contributed by atoms with van der Waals surface area (Å²) < 4.78 is 19.8. The minimum absolute atomic E-state index is 0.0943. The molecule has 4 amide bonds. The Balaban J connectivity index is 1.31.